The van der Waals surface area contributed by atoms with Crippen LogP contribution in [0.4, 0.5) is 0 Å². The third-order valence-corrected chi connectivity index (χ3v) is 11.9. The van der Waals surface area contributed by atoms with Gasteiger partial charge in [0.05, 0.1) is 0 Å². The van der Waals surface area contributed by atoms with E-state index < -0.39 is 0 Å². The fourth-order valence-electron chi connectivity index (χ4n) is 9.98. The highest BCUT2D eigenvalue weighted by Crippen LogP contribution is 2.68. The maximum atomic E-state index is 13.2. The second-order valence-corrected chi connectivity index (χ2v) is 14.2. The van der Waals surface area contributed by atoms with Crippen molar-refractivity contribution in [2.24, 2.45) is 52.3 Å². The summed E-state index contributed by atoms with van der Waals surface area (Å²) in [5, 5.41) is 11.2. The molecule has 0 bridgehead atoms. The molecular weight excluding hydrogens is 440 g/mol. The summed E-state index contributed by atoms with van der Waals surface area (Å²) in [6.45, 7) is 12.4. The molecular formula is C34H50O2. The Kier molecular flexibility index (Phi) is 7.20. The van der Waals surface area contributed by atoms with Crippen LogP contribution in [0.3, 0.4) is 0 Å². The first-order valence-electron chi connectivity index (χ1n) is 15.2. The highest BCUT2D eigenvalue weighted by Gasteiger charge is 2.61. The number of aliphatic hydroxyl groups excluding tert-OH is 1. The Balaban J connectivity index is 1.36. The van der Waals surface area contributed by atoms with E-state index in [1.165, 1.54) is 57.8 Å². The van der Waals surface area contributed by atoms with Crippen LogP contribution >= 0.6 is 0 Å². The molecule has 4 aliphatic carbocycles. The number of benzene rings is 1. The number of carbonyl (C=O) groups is 1. The Morgan fingerprint density at radius 3 is 2.39 bits per heavy atom. The molecule has 4 aliphatic rings. The van der Waals surface area contributed by atoms with Gasteiger partial charge in [-0.05, 0) is 97.2 Å². The largest absolute Gasteiger partial charge is 0.507 e. The number of fused-ring (bicyclic) bond motifs is 5. The average molecular weight is 491 g/mol. The van der Waals surface area contributed by atoms with Gasteiger partial charge in [-0.25, -0.2) is 0 Å². The van der Waals surface area contributed by atoms with E-state index in [9.17, 15) is 9.90 Å². The molecule has 2 heteroatoms. The summed E-state index contributed by atoms with van der Waals surface area (Å²) >= 11 is 0. The van der Waals surface area contributed by atoms with E-state index in [2.05, 4.69) is 34.6 Å². The summed E-state index contributed by atoms with van der Waals surface area (Å²) in [6.07, 6.45) is 13.6. The molecule has 36 heavy (non-hydrogen) atoms. The highest BCUT2D eigenvalue weighted by molar-refractivity contribution is 6.02. The topological polar surface area (TPSA) is 37.3 Å². The van der Waals surface area contributed by atoms with Gasteiger partial charge in [0.1, 0.15) is 5.76 Å². The lowest BCUT2D eigenvalue weighted by molar-refractivity contribution is -0.133. The van der Waals surface area contributed by atoms with Crippen molar-refractivity contribution in [3.63, 3.8) is 0 Å². The van der Waals surface area contributed by atoms with Crippen molar-refractivity contribution in [3.8, 4) is 0 Å². The SMILES string of the molecule is CC(C)CCCC(C)C1CCC2C3CCC4CC(=O)C(=C(O)c5ccccc5)CC4(C)C3CCC12C. The van der Waals surface area contributed by atoms with Crippen LogP contribution < -0.4 is 0 Å². The highest BCUT2D eigenvalue weighted by atomic mass is 16.3. The second kappa shape index (κ2) is 9.95. The maximum absolute atomic E-state index is 13.2. The Labute approximate surface area is 220 Å². The molecule has 0 saturated heterocycles. The van der Waals surface area contributed by atoms with Crippen molar-refractivity contribution < 1.29 is 9.90 Å². The molecule has 4 saturated carbocycles. The van der Waals surface area contributed by atoms with E-state index >= 15 is 0 Å². The van der Waals surface area contributed by atoms with Crippen LogP contribution in [0.25, 0.3) is 5.76 Å². The van der Waals surface area contributed by atoms with Crippen LogP contribution in [-0.2, 0) is 4.79 Å². The zero-order chi connectivity index (χ0) is 25.7. The van der Waals surface area contributed by atoms with E-state index in [1.807, 2.05) is 30.3 Å². The minimum atomic E-state index is 0.136. The van der Waals surface area contributed by atoms with Gasteiger partial charge in [0.25, 0.3) is 0 Å². The number of rotatable bonds is 6. The molecule has 8 unspecified atom stereocenters. The van der Waals surface area contributed by atoms with Gasteiger partial charge in [-0.1, -0.05) is 84.2 Å². The number of hydrogen-bond donors (Lipinski definition) is 1. The van der Waals surface area contributed by atoms with Crippen LogP contribution in [0.5, 0.6) is 0 Å². The van der Waals surface area contributed by atoms with Crippen LogP contribution in [0.2, 0.25) is 0 Å². The molecule has 0 spiro atoms. The zero-order valence-corrected chi connectivity index (χ0v) is 23.6. The lowest BCUT2D eigenvalue weighted by Gasteiger charge is -2.60. The molecule has 0 heterocycles. The fourth-order valence-corrected chi connectivity index (χ4v) is 9.98. The molecule has 0 amide bonds. The van der Waals surface area contributed by atoms with E-state index in [-0.39, 0.29) is 17.0 Å². The molecule has 0 aliphatic heterocycles. The Morgan fingerprint density at radius 2 is 1.67 bits per heavy atom. The number of carbonyl (C=O) groups excluding carboxylic acids is 1. The van der Waals surface area contributed by atoms with Gasteiger partial charge in [-0.15, -0.1) is 0 Å². The molecule has 8 atom stereocenters. The number of Topliss-reactive ketones (excluding diaryl/α,β-unsaturated/α-hetero) is 1. The number of allylic oxidation sites excluding steroid dienone is 1. The standard InChI is InChI=1S/C34H50O2/c1-22(2)10-9-11-23(3)28-16-17-29-26-15-14-25-20-31(35)27(32(36)24-12-7-6-8-13-24)21-34(25,5)30(26)18-19-33(28,29)4/h6-8,12-13,22-23,25-26,28-30,36H,9-11,14-21H2,1-5H3. The van der Waals surface area contributed by atoms with Crippen molar-refractivity contribution in [2.75, 3.05) is 0 Å². The summed E-state index contributed by atoms with van der Waals surface area (Å²) in [4.78, 5) is 13.2. The predicted molar refractivity (Wildman–Crippen MR) is 149 cm³/mol. The Morgan fingerprint density at radius 1 is 0.944 bits per heavy atom. The first-order valence-corrected chi connectivity index (χ1v) is 15.2. The molecule has 0 aromatic heterocycles. The predicted octanol–water partition coefficient (Wildman–Crippen LogP) is 9.26. The number of aliphatic hydroxyl groups is 1. The van der Waals surface area contributed by atoms with Crippen LogP contribution in [0.1, 0.15) is 111 Å². The summed E-state index contributed by atoms with van der Waals surface area (Å²) in [5.74, 6) is 5.78. The smallest absolute Gasteiger partial charge is 0.162 e. The van der Waals surface area contributed by atoms with Gasteiger partial charge < -0.3 is 5.11 Å². The lowest BCUT2D eigenvalue weighted by atomic mass is 9.44. The van der Waals surface area contributed by atoms with Gasteiger partial charge in [0.15, 0.2) is 5.78 Å². The molecule has 1 aromatic carbocycles. The third kappa shape index (κ3) is 4.39. The maximum Gasteiger partial charge on any atom is 0.162 e. The summed E-state index contributed by atoms with van der Waals surface area (Å²) in [7, 11) is 0. The molecule has 1 N–H and O–H groups in total. The lowest BCUT2D eigenvalue weighted by Crippen LogP contribution is -2.54. The van der Waals surface area contributed by atoms with Crippen LogP contribution in [0.15, 0.2) is 35.9 Å². The monoisotopic (exact) mass is 490 g/mol. The molecule has 5 rings (SSSR count). The number of hydrogen-bond acceptors (Lipinski definition) is 2. The molecule has 0 radical (unpaired) electrons. The summed E-state index contributed by atoms with van der Waals surface area (Å²) in [5.41, 5.74) is 2.13. The minimum absolute atomic E-state index is 0.136. The van der Waals surface area contributed by atoms with Crippen LogP contribution in [0, 0.1) is 52.3 Å². The van der Waals surface area contributed by atoms with Crippen molar-refractivity contribution in [3.05, 3.63) is 41.5 Å². The van der Waals surface area contributed by atoms with Crippen molar-refractivity contribution in [2.45, 2.75) is 105 Å². The first-order chi connectivity index (χ1) is 17.1. The molecule has 198 valence electrons. The van der Waals surface area contributed by atoms with E-state index in [0.717, 1.165) is 41.6 Å². The number of ketones is 1. The molecule has 4 fully saturated rings. The minimum Gasteiger partial charge on any atom is -0.507 e. The summed E-state index contributed by atoms with van der Waals surface area (Å²) in [6, 6.07) is 9.72. The van der Waals surface area contributed by atoms with Gasteiger partial charge in [-0.2, -0.15) is 0 Å². The summed E-state index contributed by atoms with van der Waals surface area (Å²) < 4.78 is 0. The molecule has 2 nitrogen and oxygen atoms in total. The van der Waals surface area contributed by atoms with E-state index in [1.54, 1.807) is 0 Å². The van der Waals surface area contributed by atoms with Gasteiger partial charge >= 0.3 is 0 Å². The van der Waals surface area contributed by atoms with Gasteiger partial charge in [0.2, 0.25) is 0 Å². The van der Waals surface area contributed by atoms with E-state index in [0.29, 0.717) is 29.2 Å². The fraction of sp³-hybridized carbons (Fsp3) is 0.735. The quantitative estimate of drug-likeness (QED) is 0.319. The molecule has 1 aromatic rings. The Hall–Kier alpha value is -1.57. The third-order valence-electron chi connectivity index (χ3n) is 11.9. The normalized spacial score (nSPS) is 40.4. The second-order valence-electron chi connectivity index (χ2n) is 14.2. The van der Waals surface area contributed by atoms with Gasteiger partial charge in [-0.3, -0.25) is 4.79 Å². The first kappa shape index (κ1) is 26.1. The van der Waals surface area contributed by atoms with E-state index in [4.69, 9.17) is 0 Å². The van der Waals surface area contributed by atoms with Crippen LogP contribution in [-0.4, -0.2) is 10.9 Å². The van der Waals surface area contributed by atoms with Crippen molar-refractivity contribution in [1.82, 2.24) is 0 Å². The van der Waals surface area contributed by atoms with Gasteiger partial charge in [0, 0.05) is 17.6 Å². The average Bonchev–Trinajstić information content (AvgIpc) is 3.21. The Bertz CT molecular complexity index is 976. The van der Waals surface area contributed by atoms with Crippen molar-refractivity contribution >= 4 is 11.5 Å². The zero-order valence-electron chi connectivity index (χ0n) is 23.6. The van der Waals surface area contributed by atoms with Crippen molar-refractivity contribution in [1.29, 1.82) is 0 Å².